The summed E-state index contributed by atoms with van der Waals surface area (Å²) in [4.78, 5) is 31.3. The van der Waals surface area contributed by atoms with Crippen LogP contribution in [0.15, 0.2) is 54.6 Å². The Hall–Kier alpha value is -3.06. The minimum atomic E-state index is -0.805. The van der Waals surface area contributed by atoms with Gasteiger partial charge in [-0.1, -0.05) is 30.3 Å². The SMILES string of the molecule is CN1C(=O)N(c2ccccc2)C2(CCN(C[C@@H]3COc4ccccc4O3)CC2)C1=O. The fraction of sp³-hybridized carbons (Fsp3) is 0.391. The molecule has 7 heteroatoms. The van der Waals surface area contributed by atoms with Gasteiger partial charge in [-0.3, -0.25) is 19.5 Å². The number of para-hydroxylation sites is 3. The van der Waals surface area contributed by atoms with Gasteiger partial charge < -0.3 is 9.47 Å². The van der Waals surface area contributed by atoms with Gasteiger partial charge in [-0.05, 0) is 37.1 Å². The molecule has 7 nitrogen and oxygen atoms in total. The third-order valence-corrected chi connectivity index (χ3v) is 6.34. The van der Waals surface area contributed by atoms with Gasteiger partial charge in [0.2, 0.25) is 0 Å². The minimum Gasteiger partial charge on any atom is -0.486 e. The second kappa shape index (κ2) is 7.32. The number of hydrogen-bond acceptors (Lipinski definition) is 5. The molecule has 0 radical (unpaired) electrons. The topological polar surface area (TPSA) is 62.3 Å². The van der Waals surface area contributed by atoms with Gasteiger partial charge in [-0.15, -0.1) is 0 Å². The van der Waals surface area contributed by atoms with Crippen molar-refractivity contribution >= 4 is 17.6 Å². The fourth-order valence-electron chi connectivity index (χ4n) is 4.75. The van der Waals surface area contributed by atoms with Crippen molar-refractivity contribution in [2.24, 2.45) is 0 Å². The summed E-state index contributed by atoms with van der Waals surface area (Å²) >= 11 is 0. The van der Waals surface area contributed by atoms with E-state index in [9.17, 15) is 9.59 Å². The van der Waals surface area contributed by atoms with Crippen LogP contribution >= 0.6 is 0 Å². The average molecular weight is 407 g/mol. The summed E-state index contributed by atoms with van der Waals surface area (Å²) in [6.45, 7) is 2.68. The zero-order valence-electron chi connectivity index (χ0n) is 17.0. The van der Waals surface area contributed by atoms with Crippen LogP contribution in [-0.2, 0) is 4.79 Å². The van der Waals surface area contributed by atoms with E-state index in [1.54, 1.807) is 11.9 Å². The number of ether oxygens (including phenoxy) is 2. The largest absolute Gasteiger partial charge is 0.486 e. The minimum absolute atomic E-state index is 0.0530. The molecule has 2 saturated heterocycles. The van der Waals surface area contributed by atoms with Gasteiger partial charge in [0, 0.05) is 32.4 Å². The number of imide groups is 1. The number of piperidine rings is 1. The number of amides is 3. The molecule has 3 aliphatic heterocycles. The van der Waals surface area contributed by atoms with E-state index < -0.39 is 5.54 Å². The van der Waals surface area contributed by atoms with Crippen LogP contribution in [0.1, 0.15) is 12.8 Å². The van der Waals surface area contributed by atoms with Crippen molar-refractivity contribution in [3.63, 3.8) is 0 Å². The number of benzene rings is 2. The Balaban J connectivity index is 1.29. The first-order valence-electron chi connectivity index (χ1n) is 10.4. The Morgan fingerprint density at radius 2 is 1.63 bits per heavy atom. The molecule has 2 aromatic rings. The Morgan fingerprint density at radius 1 is 0.967 bits per heavy atom. The van der Waals surface area contributed by atoms with Gasteiger partial charge in [0.25, 0.3) is 5.91 Å². The first kappa shape index (κ1) is 18.9. The van der Waals surface area contributed by atoms with Gasteiger partial charge in [-0.25, -0.2) is 4.79 Å². The molecule has 5 rings (SSSR count). The molecule has 3 amide bonds. The Kier molecular flexibility index (Phi) is 4.62. The number of urea groups is 1. The van der Waals surface area contributed by atoms with Crippen molar-refractivity contribution < 1.29 is 19.1 Å². The molecule has 2 aromatic carbocycles. The van der Waals surface area contributed by atoms with Crippen molar-refractivity contribution in [2.45, 2.75) is 24.5 Å². The molecule has 30 heavy (non-hydrogen) atoms. The van der Waals surface area contributed by atoms with Gasteiger partial charge in [0.15, 0.2) is 11.5 Å². The number of nitrogens with zero attached hydrogens (tertiary/aromatic N) is 3. The van der Waals surface area contributed by atoms with Crippen LogP contribution in [0.25, 0.3) is 0 Å². The molecule has 0 unspecified atom stereocenters. The molecule has 3 heterocycles. The average Bonchev–Trinajstić information content (AvgIpc) is 2.97. The van der Waals surface area contributed by atoms with Crippen LogP contribution in [0.5, 0.6) is 11.5 Å². The van der Waals surface area contributed by atoms with Gasteiger partial charge >= 0.3 is 6.03 Å². The first-order valence-corrected chi connectivity index (χ1v) is 10.4. The molecule has 0 N–H and O–H groups in total. The summed E-state index contributed by atoms with van der Waals surface area (Å²) < 4.78 is 11.9. The van der Waals surface area contributed by atoms with E-state index in [1.165, 1.54) is 4.90 Å². The van der Waals surface area contributed by atoms with E-state index >= 15 is 0 Å². The molecule has 0 bridgehead atoms. The summed E-state index contributed by atoms with van der Waals surface area (Å²) in [5.41, 5.74) is -0.0329. The number of carbonyl (C=O) groups is 2. The van der Waals surface area contributed by atoms with Crippen LogP contribution in [0, 0.1) is 0 Å². The van der Waals surface area contributed by atoms with E-state index in [2.05, 4.69) is 4.90 Å². The highest BCUT2D eigenvalue weighted by molar-refractivity contribution is 6.16. The maximum Gasteiger partial charge on any atom is 0.331 e. The molecule has 3 aliphatic rings. The number of rotatable bonds is 3. The maximum absolute atomic E-state index is 13.1. The molecular weight excluding hydrogens is 382 g/mol. The molecule has 1 atom stereocenters. The molecule has 1 spiro atoms. The number of hydrogen-bond donors (Lipinski definition) is 0. The van der Waals surface area contributed by atoms with Crippen molar-refractivity contribution in [1.29, 1.82) is 0 Å². The van der Waals surface area contributed by atoms with Crippen molar-refractivity contribution in [3.05, 3.63) is 54.6 Å². The number of carbonyl (C=O) groups excluding carboxylic acids is 2. The summed E-state index contributed by atoms with van der Waals surface area (Å²) in [6.07, 6.45) is 1.14. The monoisotopic (exact) mass is 407 g/mol. The van der Waals surface area contributed by atoms with Gasteiger partial charge in [-0.2, -0.15) is 0 Å². The van der Waals surface area contributed by atoms with E-state index in [0.717, 1.165) is 36.8 Å². The van der Waals surface area contributed by atoms with E-state index in [1.807, 2.05) is 54.6 Å². The fourth-order valence-corrected chi connectivity index (χ4v) is 4.75. The van der Waals surface area contributed by atoms with Crippen molar-refractivity contribution in [1.82, 2.24) is 9.80 Å². The van der Waals surface area contributed by atoms with Crippen molar-refractivity contribution in [3.8, 4) is 11.5 Å². The van der Waals surface area contributed by atoms with Crippen LogP contribution < -0.4 is 14.4 Å². The molecule has 0 saturated carbocycles. The zero-order valence-corrected chi connectivity index (χ0v) is 17.0. The predicted octanol–water partition coefficient (Wildman–Crippen LogP) is 2.76. The molecule has 2 fully saturated rings. The lowest BCUT2D eigenvalue weighted by molar-refractivity contribution is -0.131. The van der Waals surface area contributed by atoms with Gasteiger partial charge in [0.05, 0.1) is 0 Å². The zero-order chi connectivity index (χ0) is 20.7. The van der Waals surface area contributed by atoms with Crippen molar-refractivity contribution in [2.75, 3.05) is 38.2 Å². The Bertz CT molecular complexity index is 956. The number of anilines is 1. The lowest BCUT2D eigenvalue weighted by Crippen LogP contribution is -2.58. The van der Waals surface area contributed by atoms with E-state index in [0.29, 0.717) is 19.4 Å². The lowest BCUT2D eigenvalue weighted by Gasteiger charge is -2.43. The van der Waals surface area contributed by atoms with Crippen LogP contribution in [0.4, 0.5) is 10.5 Å². The standard InChI is InChI=1S/C23H25N3O4/c1-24-21(27)23(26(22(24)28)17-7-3-2-4-8-17)11-13-25(14-12-23)15-18-16-29-19-9-5-6-10-20(19)30-18/h2-10,18H,11-16H2,1H3/t18-/m1/s1. The van der Waals surface area contributed by atoms with E-state index in [4.69, 9.17) is 9.47 Å². The van der Waals surface area contributed by atoms with Crippen LogP contribution in [0.2, 0.25) is 0 Å². The molecule has 0 aromatic heterocycles. The number of likely N-dealkylation sites (tertiary alicyclic amines) is 1. The van der Waals surface area contributed by atoms with Crippen LogP contribution in [-0.4, -0.2) is 66.7 Å². The normalized spacial score (nSPS) is 23.3. The highest BCUT2D eigenvalue weighted by atomic mass is 16.6. The Labute approximate surface area is 175 Å². The summed E-state index contributed by atoms with van der Waals surface area (Å²) in [6, 6.07) is 16.9. The Morgan fingerprint density at radius 3 is 2.37 bits per heavy atom. The third kappa shape index (κ3) is 3.01. The van der Waals surface area contributed by atoms with Gasteiger partial charge in [0.1, 0.15) is 18.2 Å². The molecular formula is C23H25N3O4. The molecule has 0 aliphatic carbocycles. The smallest absolute Gasteiger partial charge is 0.331 e. The highest BCUT2D eigenvalue weighted by Crippen LogP contribution is 2.40. The lowest BCUT2D eigenvalue weighted by atomic mass is 9.85. The summed E-state index contributed by atoms with van der Waals surface area (Å²) in [7, 11) is 1.58. The number of likely N-dealkylation sites (N-methyl/N-ethyl adjacent to an activating group) is 1. The first-order chi connectivity index (χ1) is 14.6. The predicted molar refractivity (Wildman–Crippen MR) is 112 cm³/mol. The maximum atomic E-state index is 13.1. The van der Waals surface area contributed by atoms with E-state index in [-0.39, 0.29) is 18.0 Å². The second-order valence-corrected chi connectivity index (χ2v) is 8.15. The summed E-state index contributed by atoms with van der Waals surface area (Å²) in [5.74, 6) is 1.45. The quantitative estimate of drug-likeness (QED) is 0.733. The van der Waals surface area contributed by atoms with Crippen LogP contribution in [0.3, 0.4) is 0 Å². The summed E-state index contributed by atoms with van der Waals surface area (Å²) in [5, 5.41) is 0. The second-order valence-electron chi connectivity index (χ2n) is 8.15. The third-order valence-electron chi connectivity index (χ3n) is 6.34. The number of fused-ring (bicyclic) bond motifs is 1. The molecule has 156 valence electrons. The highest BCUT2D eigenvalue weighted by Gasteiger charge is 2.57.